The smallest absolute Gasteiger partial charge is 0.261 e. The predicted molar refractivity (Wildman–Crippen MR) is 78.8 cm³/mol. The van der Waals surface area contributed by atoms with Gasteiger partial charge >= 0.3 is 0 Å². The Kier molecular flexibility index (Phi) is 3.65. The second-order valence-corrected chi connectivity index (χ2v) is 4.64. The minimum atomic E-state index is -0.507. The Balaban J connectivity index is 1.97. The van der Waals surface area contributed by atoms with Gasteiger partial charge in [-0.3, -0.25) is 9.78 Å². The van der Waals surface area contributed by atoms with Crippen LogP contribution < -0.4 is 5.32 Å². The zero-order valence-electron chi connectivity index (χ0n) is 11.7. The van der Waals surface area contributed by atoms with Crippen molar-refractivity contribution in [1.82, 2.24) is 10.1 Å². The summed E-state index contributed by atoms with van der Waals surface area (Å²) in [5, 5.41) is 6.43. The maximum Gasteiger partial charge on any atom is 0.261 e. The highest BCUT2D eigenvalue weighted by Gasteiger charge is 2.22. The summed E-state index contributed by atoms with van der Waals surface area (Å²) in [6.45, 7) is 1.63. The number of nitrogens with zero attached hydrogens (tertiary/aromatic N) is 2. The van der Waals surface area contributed by atoms with E-state index in [4.69, 9.17) is 4.52 Å². The number of hydrogen-bond acceptors (Lipinski definition) is 4. The van der Waals surface area contributed by atoms with Gasteiger partial charge in [-0.1, -0.05) is 17.3 Å². The first kappa shape index (κ1) is 13.9. The van der Waals surface area contributed by atoms with Gasteiger partial charge in [0.2, 0.25) is 0 Å². The monoisotopic (exact) mass is 297 g/mol. The molecule has 0 aliphatic heterocycles. The van der Waals surface area contributed by atoms with Gasteiger partial charge in [-0.15, -0.1) is 0 Å². The van der Waals surface area contributed by atoms with Crippen LogP contribution in [0.2, 0.25) is 0 Å². The number of rotatable bonds is 3. The molecular weight excluding hydrogens is 285 g/mol. The molecule has 0 saturated carbocycles. The summed E-state index contributed by atoms with van der Waals surface area (Å²) >= 11 is 0. The van der Waals surface area contributed by atoms with Crippen LogP contribution in [-0.4, -0.2) is 16.0 Å². The van der Waals surface area contributed by atoms with Crippen molar-refractivity contribution in [2.24, 2.45) is 0 Å². The summed E-state index contributed by atoms with van der Waals surface area (Å²) in [5.41, 5.74) is 1.39. The molecule has 2 aromatic heterocycles. The number of aromatic nitrogens is 2. The third-order valence-corrected chi connectivity index (χ3v) is 3.15. The number of pyridine rings is 1. The molecule has 0 bridgehead atoms. The second-order valence-electron chi connectivity index (χ2n) is 4.64. The number of halogens is 1. The molecule has 22 heavy (non-hydrogen) atoms. The summed E-state index contributed by atoms with van der Waals surface area (Å²) in [7, 11) is 0. The van der Waals surface area contributed by atoms with Crippen LogP contribution in [0.4, 0.5) is 10.1 Å². The second kappa shape index (κ2) is 5.77. The van der Waals surface area contributed by atoms with Crippen molar-refractivity contribution in [1.29, 1.82) is 0 Å². The highest BCUT2D eigenvalue weighted by molar-refractivity contribution is 6.08. The van der Waals surface area contributed by atoms with Crippen molar-refractivity contribution in [2.75, 3.05) is 5.32 Å². The molecule has 0 aliphatic carbocycles. The maximum absolute atomic E-state index is 13.7. The van der Waals surface area contributed by atoms with E-state index in [9.17, 15) is 9.18 Å². The van der Waals surface area contributed by atoms with Crippen molar-refractivity contribution in [2.45, 2.75) is 6.92 Å². The first-order valence-corrected chi connectivity index (χ1v) is 6.59. The fourth-order valence-electron chi connectivity index (χ4n) is 2.09. The van der Waals surface area contributed by atoms with Gasteiger partial charge in [0.1, 0.15) is 22.8 Å². The predicted octanol–water partition coefficient (Wildman–Crippen LogP) is 3.44. The first-order valence-electron chi connectivity index (χ1n) is 6.59. The highest BCUT2D eigenvalue weighted by atomic mass is 19.1. The Morgan fingerprint density at radius 3 is 2.77 bits per heavy atom. The summed E-state index contributed by atoms with van der Waals surface area (Å²) in [4.78, 5) is 16.4. The molecule has 0 saturated heterocycles. The van der Waals surface area contributed by atoms with Gasteiger partial charge in [0, 0.05) is 18.0 Å². The molecule has 5 nitrogen and oxygen atoms in total. The molecule has 3 aromatic rings. The molecule has 6 heteroatoms. The molecular formula is C16H12FN3O2. The third-order valence-electron chi connectivity index (χ3n) is 3.15. The summed E-state index contributed by atoms with van der Waals surface area (Å²) in [6.07, 6.45) is 3.20. The van der Waals surface area contributed by atoms with Crippen LogP contribution in [0, 0.1) is 12.7 Å². The first-order chi connectivity index (χ1) is 10.7. The number of hydrogen-bond donors (Lipinski definition) is 1. The third kappa shape index (κ3) is 2.58. The molecule has 1 aromatic carbocycles. The molecule has 1 N–H and O–H groups in total. The van der Waals surface area contributed by atoms with E-state index in [-0.39, 0.29) is 11.3 Å². The van der Waals surface area contributed by atoms with E-state index >= 15 is 0 Å². The van der Waals surface area contributed by atoms with Gasteiger partial charge in [-0.05, 0) is 31.2 Å². The quantitative estimate of drug-likeness (QED) is 0.804. The number of aryl methyl sites for hydroxylation is 1. The Hall–Kier alpha value is -3.02. The molecule has 0 aliphatic rings. The maximum atomic E-state index is 13.7. The van der Waals surface area contributed by atoms with E-state index in [1.165, 1.54) is 12.1 Å². The highest BCUT2D eigenvalue weighted by Crippen LogP contribution is 2.25. The normalized spacial score (nSPS) is 10.5. The Bertz CT molecular complexity index is 815. The van der Waals surface area contributed by atoms with E-state index in [0.717, 1.165) is 0 Å². The van der Waals surface area contributed by atoms with Gasteiger partial charge < -0.3 is 9.84 Å². The van der Waals surface area contributed by atoms with Gasteiger partial charge in [0.25, 0.3) is 5.91 Å². The molecule has 110 valence electrons. The van der Waals surface area contributed by atoms with Gasteiger partial charge in [0.15, 0.2) is 0 Å². The van der Waals surface area contributed by atoms with Crippen molar-refractivity contribution in [3.63, 3.8) is 0 Å². The van der Waals surface area contributed by atoms with E-state index in [2.05, 4.69) is 15.5 Å². The lowest BCUT2D eigenvalue weighted by atomic mass is 10.1. The number of benzene rings is 1. The molecule has 0 spiro atoms. The van der Waals surface area contributed by atoms with E-state index in [1.54, 1.807) is 43.6 Å². The molecule has 3 rings (SSSR count). The van der Waals surface area contributed by atoms with Crippen LogP contribution in [0.3, 0.4) is 0 Å². The molecule has 0 radical (unpaired) electrons. The Morgan fingerprint density at radius 2 is 2.05 bits per heavy atom. The number of anilines is 1. The fraction of sp³-hybridized carbons (Fsp3) is 0.0625. The number of carbonyl (C=O) groups is 1. The number of nitrogens with one attached hydrogen (secondary N) is 1. The van der Waals surface area contributed by atoms with Crippen LogP contribution in [-0.2, 0) is 0 Å². The topological polar surface area (TPSA) is 68.0 Å². The zero-order valence-corrected chi connectivity index (χ0v) is 11.7. The lowest BCUT2D eigenvalue weighted by molar-refractivity contribution is 0.102. The van der Waals surface area contributed by atoms with Crippen molar-refractivity contribution in [3.8, 4) is 11.3 Å². The van der Waals surface area contributed by atoms with Crippen LogP contribution in [0.15, 0.2) is 53.3 Å². The van der Waals surface area contributed by atoms with E-state index in [1.807, 2.05) is 0 Å². The van der Waals surface area contributed by atoms with Gasteiger partial charge in [0.05, 0.1) is 5.69 Å². The van der Waals surface area contributed by atoms with Crippen LogP contribution in [0.25, 0.3) is 11.3 Å². The largest absolute Gasteiger partial charge is 0.360 e. The molecule has 2 heterocycles. The molecule has 0 fully saturated rings. The summed E-state index contributed by atoms with van der Waals surface area (Å²) < 4.78 is 18.8. The van der Waals surface area contributed by atoms with Crippen LogP contribution in [0.5, 0.6) is 0 Å². The standard InChI is InChI=1S/C16H12FN3O2/c1-10-14(15(20-22-10)11-5-4-8-18-9-11)16(21)19-13-7-3-2-6-12(13)17/h2-9H,1H3,(H,19,21). The Morgan fingerprint density at radius 1 is 1.23 bits per heavy atom. The zero-order chi connectivity index (χ0) is 15.5. The van der Waals surface area contributed by atoms with Gasteiger partial charge in [-0.2, -0.15) is 0 Å². The van der Waals surface area contributed by atoms with Crippen molar-refractivity contribution in [3.05, 3.63) is 65.9 Å². The van der Waals surface area contributed by atoms with E-state index in [0.29, 0.717) is 17.0 Å². The minimum Gasteiger partial charge on any atom is -0.360 e. The summed E-state index contributed by atoms with van der Waals surface area (Å²) in [5.74, 6) is -0.636. The van der Waals surface area contributed by atoms with Crippen LogP contribution in [0.1, 0.15) is 16.1 Å². The van der Waals surface area contributed by atoms with E-state index < -0.39 is 11.7 Å². The van der Waals surface area contributed by atoms with Gasteiger partial charge in [-0.25, -0.2) is 4.39 Å². The lowest BCUT2D eigenvalue weighted by Gasteiger charge is -2.06. The average molecular weight is 297 g/mol. The molecule has 1 amide bonds. The minimum absolute atomic E-state index is 0.102. The van der Waals surface area contributed by atoms with Crippen molar-refractivity contribution < 1.29 is 13.7 Å². The number of para-hydroxylation sites is 1. The number of carbonyl (C=O) groups excluding carboxylic acids is 1. The van der Waals surface area contributed by atoms with Crippen LogP contribution >= 0.6 is 0 Å². The number of amides is 1. The Labute approximate surface area is 125 Å². The SMILES string of the molecule is Cc1onc(-c2cccnc2)c1C(=O)Nc1ccccc1F. The average Bonchev–Trinajstić information content (AvgIpc) is 2.92. The fourth-order valence-corrected chi connectivity index (χ4v) is 2.09. The lowest BCUT2D eigenvalue weighted by Crippen LogP contribution is -2.14. The van der Waals surface area contributed by atoms with Crippen molar-refractivity contribution >= 4 is 11.6 Å². The molecule has 0 unspecified atom stereocenters. The summed E-state index contributed by atoms with van der Waals surface area (Å²) in [6, 6.07) is 9.46. The molecule has 0 atom stereocenters.